The van der Waals surface area contributed by atoms with Crippen LogP contribution in [0.1, 0.15) is 194 Å². The van der Waals surface area contributed by atoms with E-state index in [1.165, 1.54) is 103 Å². The van der Waals surface area contributed by atoms with Gasteiger partial charge in [0.2, 0.25) is 0 Å². The highest BCUT2D eigenvalue weighted by Crippen LogP contribution is 2.14. The molecule has 0 aliphatic rings. The van der Waals surface area contributed by atoms with Gasteiger partial charge in [-0.15, -0.1) is 0 Å². The molecule has 0 radical (unpaired) electrons. The molecule has 0 spiro atoms. The lowest BCUT2D eigenvalue weighted by Crippen LogP contribution is -2.25. The van der Waals surface area contributed by atoms with Crippen LogP contribution in [-0.2, 0) is 19.1 Å². The third kappa shape index (κ3) is 38.3. The Morgan fingerprint density at radius 3 is 1.12 bits per heavy atom. The monoisotopic (exact) mass is 673 g/mol. The first-order chi connectivity index (χ1) is 23.6. The molecule has 5 nitrogen and oxygen atoms in total. The maximum absolute atomic E-state index is 12.0. The Hall–Kier alpha value is -2.14. The molecule has 0 aliphatic heterocycles. The van der Waals surface area contributed by atoms with Gasteiger partial charge in [-0.25, -0.2) is 0 Å². The summed E-state index contributed by atoms with van der Waals surface area (Å²) in [5, 5.41) is 10.0. The average molecular weight is 673 g/mol. The lowest BCUT2D eigenvalue weighted by atomic mass is 10.0. The standard InChI is InChI=1S/C43H76O5/c1-3-5-7-9-11-13-15-17-19-20-21-22-24-26-28-30-32-34-36-38-43(46)48-40-41(44)39-47-42(45)37-35-33-31-29-27-25-23-18-16-14-12-10-8-6-4-2/h11,13,17,19,21-22,26,28,41,44H,3-10,12,14-16,18,20,23-25,27,29-40H2,1-2H3/b13-11-,19-17-,22-21-,28-26-/t41-/m1/s1. The molecule has 0 saturated heterocycles. The molecular formula is C43H76O5. The quantitative estimate of drug-likeness (QED) is 0.0407. The summed E-state index contributed by atoms with van der Waals surface area (Å²) in [6.45, 7) is 4.25. The predicted molar refractivity (Wildman–Crippen MR) is 205 cm³/mol. The summed E-state index contributed by atoms with van der Waals surface area (Å²) in [5.41, 5.74) is 0. The molecule has 5 heteroatoms. The van der Waals surface area contributed by atoms with Gasteiger partial charge in [0.05, 0.1) is 0 Å². The fourth-order valence-corrected chi connectivity index (χ4v) is 5.48. The molecule has 0 aromatic rings. The minimum absolute atomic E-state index is 0.125. The summed E-state index contributed by atoms with van der Waals surface area (Å²) in [4.78, 5) is 23.9. The highest BCUT2D eigenvalue weighted by atomic mass is 16.6. The van der Waals surface area contributed by atoms with Gasteiger partial charge in [0, 0.05) is 12.8 Å². The number of esters is 2. The number of allylic oxidation sites excluding steroid dienone is 8. The van der Waals surface area contributed by atoms with Gasteiger partial charge >= 0.3 is 11.9 Å². The Balaban J connectivity index is 3.50. The number of carbonyl (C=O) groups is 2. The third-order valence-corrected chi connectivity index (χ3v) is 8.57. The molecule has 278 valence electrons. The molecule has 0 unspecified atom stereocenters. The number of aliphatic hydroxyl groups excluding tert-OH is 1. The molecule has 0 rings (SSSR count). The van der Waals surface area contributed by atoms with E-state index in [9.17, 15) is 14.7 Å². The molecule has 0 heterocycles. The average Bonchev–Trinajstić information content (AvgIpc) is 3.09. The number of hydrogen-bond donors (Lipinski definition) is 1. The van der Waals surface area contributed by atoms with Crippen molar-refractivity contribution in [2.24, 2.45) is 0 Å². The summed E-state index contributed by atoms with van der Waals surface area (Å²) in [6.07, 6.45) is 48.8. The smallest absolute Gasteiger partial charge is 0.305 e. The van der Waals surface area contributed by atoms with Crippen molar-refractivity contribution in [2.45, 2.75) is 200 Å². The number of carbonyl (C=O) groups excluding carboxylic acids is 2. The van der Waals surface area contributed by atoms with E-state index in [0.717, 1.165) is 64.2 Å². The van der Waals surface area contributed by atoms with Crippen molar-refractivity contribution in [3.8, 4) is 0 Å². The lowest BCUT2D eigenvalue weighted by molar-refractivity contribution is -0.152. The van der Waals surface area contributed by atoms with Gasteiger partial charge in [-0.3, -0.25) is 9.59 Å². The summed E-state index contributed by atoms with van der Waals surface area (Å²) < 4.78 is 10.3. The highest BCUT2D eigenvalue weighted by Gasteiger charge is 2.12. The normalized spacial score (nSPS) is 12.6. The zero-order chi connectivity index (χ0) is 35.0. The molecule has 0 aromatic heterocycles. The summed E-state index contributed by atoms with van der Waals surface area (Å²) in [6, 6.07) is 0. The lowest BCUT2D eigenvalue weighted by Gasteiger charge is -2.12. The first-order valence-corrected chi connectivity index (χ1v) is 20.2. The van der Waals surface area contributed by atoms with Crippen molar-refractivity contribution in [3.05, 3.63) is 48.6 Å². The van der Waals surface area contributed by atoms with E-state index >= 15 is 0 Å². The fraction of sp³-hybridized carbons (Fsp3) is 0.767. The first kappa shape index (κ1) is 45.9. The van der Waals surface area contributed by atoms with E-state index < -0.39 is 6.10 Å². The SMILES string of the molecule is CCCCC/C=C\C/C=C\C/C=C\C/C=C\CCCCCC(=O)OC[C@H](O)COC(=O)CCCCCCCCCCCCCCCCC. The van der Waals surface area contributed by atoms with Gasteiger partial charge < -0.3 is 14.6 Å². The van der Waals surface area contributed by atoms with Crippen LogP contribution in [0.25, 0.3) is 0 Å². The van der Waals surface area contributed by atoms with Crippen LogP contribution >= 0.6 is 0 Å². The van der Waals surface area contributed by atoms with Crippen molar-refractivity contribution in [2.75, 3.05) is 13.2 Å². The van der Waals surface area contributed by atoms with Gasteiger partial charge in [0.25, 0.3) is 0 Å². The predicted octanol–water partition coefficient (Wildman–Crippen LogP) is 12.6. The van der Waals surface area contributed by atoms with Gasteiger partial charge in [-0.2, -0.15) is 0 Å². The van der Waals surface area contributed by atoms with Crippen molar-refractivity contribution in [1.29, 1.82) is 0 Å². The topological polar surface area (TPSA) is 72.8 Å². The van der Waals surface area contributed by atoms with Gasteiger partial charge in [-0.05, 0) is 57.8 Å². The van der Waals surface area contributed by atoms with Crippen molar-refractivity contribution >= 4 is 11.9 Å². The molecule has 0 amide bonds. The molecule has 0 saturated carbocycles. The maximum Gasteiger partial charge on any atom is 0.305 e. The van der Waals surface area contributed by atoms with Crippen molar-refractivity contribution in [1.82, 2.24) is 0 Å². The van der Waals surface area contributed by atoms with Crippen molar-refractivity contribution < 1.29 is 24.2 Å². The molecule has 48 heavy (non-hydrogen) atoms. The van der Waals surface area contributed by atoms with Crippen LogP contribution in [0.3, 0.4) is 0 Å². The second-order valence-corrected chi connectivity index (χ2v) is 13.4. The molecule has 0 fully saturated rings. The Labute approximate surface area is 297 Å². The van der Waals surface area contributed by atoms with Gasteiger partial charge in [-0.1, -0.05) is 172 Å². The van der Waals surface area contributed by atoms with Crippen LogP contribution in [0.5, 0.6) is 0 Å². The van der Waals surface area contributed by atoms with Crippen LogP contribution in [0.2, 0.25) is 0 Å². The third-order valence-electron chi connectivity index (χ3n) is 8.57. The van der Waals surface area contributed by atoms with Gasteiger partial charge in [0.1, 0.15) is 19.3 Å². The minimum Gasteiger partial charge on any atom is -0.463 e. The van der Waals surface area contributed by atoms with Gasteiger partial charge in [0.15, 0.2) is 0 Å². The Bertz CT molecular complexity index is 812. The fourth-order valence-electron chi connectivity index (χ4n) is 5.48. The number of hydrogen-bond acceptors (Lipinski definition) is 5. The van der Waals surface area contributed by atoms with Crippen LogP contribution in [0.4, 0.5) is 0 Å². The number of aliphatic hydroxyl groups is 1. The van der Waals surface area contributed by atoms with Crippen LogP contribution in [-0.4, -0.2) is 36.4 Å². The molecule has 1 N–H and O–H groups in total. The molecular weight excluding hydrogens is 596 g/mol. The Kier molecular flexibility index (Phi) is 37.5. The summed E-state index contributed by atoms with van der Waals surface area (Å²) >= 11 is 0. The minimum atomic E-state index is -0.976. The second kappa shape index (κ2) is 39.3. The van der Waals surface area contributed by atoms with E-state index in [0.29, 0.717) is 12.8 Å². The zero-order valence-electron chi connectivity index (χ0n) is 31.5. The molecule has 1 atom stereocenters. The van der Waals surface area contributed by atoms with E-state index in [1.54, 1.807) is 0 Å². The maximum atomic E-state index is 12.0. The van der Waals surface area contributed by atoms with Crippen molar-refractivity contribution in [3.63, 3.8) is 0 Å². The largest absolute Gasteiger partial charge is 0.463 e. The molecule has 0 aromatic carbocycles. The van der Waals surface area contributed by atoms with Crippen LogP contribution in [0.15, 0.2) is 48.6 Å². The Morgan fingerprint density at radius 1 is 0.438 bits per heavy atom. The Morgan fingerprint density at radius 2 is 0.729 bits per heavy atom. The van der Waals surface area contributed by atoms with Crippen LogP contribution < -0.4 is 0 Å². The highest BCUT2D eigenvalue weighted by molar-refractivity contribution is 5.69. The molecule has 0 aliphatic carbocycles. The van der Waals surface area contributed by atoms with Crippen LogP contribution in [0, 0.1) is 0 Å². The number of rotatable bonds is 36. The number of unbranched alkanes of at least 4 members (excludes halogenated alkanes) is 20. The molecule has 0 bridgehead atoms. The van der Waals surface area contributed by atoms with E-state index in [-0.39, 0.29) is 25.2 Å². The number of ether oxygens (including phenoxy) is 2. The first-order valence-electron chi connectivity index (χ1n) is 20.2. The van der Waals surface area contributed by atoms with E-state index in [4.69, 9.17) is 9.47 Å². The summed E-state index contributed by atoms with van der Waals surface area (Å²) in [5.74, 6) is -0.597. The summed E-state index contributed by atoms with van der Waals surface area (Å²) in [7, 11) is 0. The van der Waals surface area contributed by atoms with E-state index in [2.05, 4.69) is 62.5 Å². The second-order valence-electron chi connectivity index (χ2n) is 13.4. The van der Waals surface area contributed by atoms with E-state index in [1.807, 2.05) is 0 Å². The zero-order valence-corrected chi connectivity index (χ0v) is 31.5.